The molecule has 1 fully saturated rings. The lowest BCUT2D eigenvalue weighted by atomic mass is 9.90. The van der Waals surface area contributed by atoms with Crippen LogP contribution in [0, 0.1) is 13.8 Å². The van der Waals surface area contributed by atoms with Gasteiger partial charge in [0.05, 0.1) is 6.10 Å². The van der Waals surface area contributed by atoms with Crippen LogP contribution in [0.4, 0.5) is 0 Å². The van der Waals surface area contributed by atoms with E-state index in [4.69, 9.17) is 0 Å². The van der Waals surface area contributed by atoms with E-state index in [-0.39, 0.29) is 6.10 Å². The van der Waals surface area contributed by atoms with E-state index in [9.17, 15) is 5.11 Å². The molecule has 2 rings (SSSR count). The molecule has 0 saturated heterocycles. The number of benzene rings is 1. The first-order valence-corrected chi connectivity index (χ1v) is 5.44. The fourth-order valence-electron chi connectivity index (χ4n) is 2.48. The van der Waals surface area contributed by atoms with E-state index in [1.165, 1.54) is 23.1 Å². The molecular formula is C13H18O. The van der Waals surface area contributed by atoms with Crippen molar-refractivity contribution in [3.05, 3.63) is 34.9 Å². The molecule has 1 heteroatoms. The lowest BCUT2D eigenvalue weighted by molar-refractivity contribution is 0.163. The van der Waals surface area contributed by atoms with Gasteiger partial charge in [0.15, 0.2) is 0 Å². The highest BCUT2D eigenvalue weighted by Crippen LogP contribution is 2.36. The third kappa shape index (κ3) is 1.57. The minimum Gasteiger partial charge on any atom is -0.392 e. The number of hydrogen-bond acceptors (Lipinski definition) is 1. The minimum absolute atomic E-state index is 0.115. The zero-order valence-electron chi connectivity index (χ0n) is 8.96. The molecule has 76 valence electrons. The number of aliphatic hydroxyl groups excluding tert-OH is 1. The van der Waals surface area contributed by atoms with Gasteiger partial charge in [-0.15, -0.1) is 0 Å². The van der Waals surface area contributed by atoms with Gasteiger partial charge >= 0.3 is 0 Å². The van der Waals surface area contributed by atoms with Crippen molar-refractivity contribution in [2.75, 3.05) is 0 Å². The Morgan fingerprint density at radius 3 is 2.64 bits per heavy atom. The van der Waals surface area contributed by atoms with Gasteiger partial charge in [-0.25, -0.2) is 0 Å². The molecule has 1 N–H and O–H groups in total. The Hall–Kier alpha value is -0.820. The van der Waals surface area contributed by atoms with Crippen LogP contribution in [-0.4, -0.2) is 11.2 Å². The average Bonchev–Trinajstić information content (AvgIpc) is 2.57. The van der Waals surface area contributed by atoms with E-state index in [1.54, 1.807) is 0 Å². The van der Waals surface area contributed by atoms with Crippen LogP contribution in [-0.2, 0) is 0 Å². The van der Waals surface area contributed by atoms with Crippen LogP contribution in [0.15, 0.2) is 18.2 Å². The van der Waals surface area contributed by atoms with Crippen molar-refractivity contribution in [2.24, 2.45) is 0 Å². The average molecular weight is 190 g/mol. The van der Waals surface area contributed by atoms with Crippen LogP contribution in [0.3, 0.4) is 0 Å². The summed E-state index contributed by atoms with van der Waals surface area (Å²) in [6.45, 7) is 4.30. The molecule has 0 aromatic heterocycles. The van der Waals surface area contributed by atoms with Crippen LogP contribution in [0.2, 0.25) is 0 Å². The van der Waals surface area contributed by atoms with Crippen molar-refractivity contribution in [1.82, 2.24) is 0 Å². The van der Waals surface area contributed by atoms with E-state index < -0.39 is 0 Å². The maximum Gasteiger partial charge on any atom is 0.0608 e. The Morgan fingerprint density at radius 2 is 2.00 bits per heavy atom. The topological polar surface area (TPSA) is 20.2 Å². The second-order valence-electron chi connectivity index (χ2n) is 4.39. The molecule has 2 unspecified atom stereocenters. The summed E-state index contributed by atoms with van der Waals surface area (Å²) < 4.78 is 0. The highest BCUT2D eigenvalue weighted by molar-refractivity contribution is 5.36. The second kappa shape index (κ2) is 3.74. The Morgan fingerprint density at radius 1 is 1.21 bits per heavy atom. The molecule has 0 bridgehead atoms. The Balaban J connectivity index is 2.36. The van der Waals surface area contributed by atoms with Gasteiger partial charge in [-0.3, -0.25) is 0 Å². The summed E-state index contributed by atoms with van der Waals surface area (Å²) in [5.74, 6) is 0.384. The van der Waals surface area contributed by atoms with Crippen molar-refractivity contribution in [1.29, 1.82) is 0 Å². The molecule has 1 aromatic rings. The molecule has 1 aromatic carbocycles. The van der Waals surface area contributed by atoms with Gasteiger partial charge in [-0.1, -0.05) is 24.6 Å². The first kappa shape index (κ1) is 9.72. The summed E-state index contributed by atoms with van der Waals surface area (Å²) in [5.41, 5.74) is 4.05. The Labute approximate surface area is 85.8 Å². The fourth-order valence-corrected chi connectivity index (χ4v) is 2.48. The van der Waals surface area contributed by atoms with Gasteiger partial charge in [0, 0.05) is 5.92 Å². The summed E-state index contributed by atoms with van der Waals surface area (Å²) >= 11 is 0. The van der Waals surface area contributed by atoms with E-state index >= 15 is 0 Å². The first-order valence-electron chi connectivity index (χ1n) is 5.44. The third-order valence-electron chi connectivity index (χ3n) is 3.53. The lowest BCUT2D eigenvalue weighted by Crippen LogP contribution is -2.12. The van der Waals surface area contributed by atoms with Gasteiger partial charge in [0.25, 0.3) is 0 Å². The van der Waals surface area contributed by atoms with Crippen molar-refractivity contribution in [2.45, 2.75) is 45.1 Å². The van der Waals surface area contributed by atoms with Crippen LogP contribution in [0.5, 0.6) is 0 Å². The monoisotopic (exact) mass is 190 g/mol. The number of aliphatic hydroxyl groups is 1. The molecule has 1 aliphatic carbocycles. The van der Waals surface area contributed by atoms with Crippen molar-refractivity contribution in [3.63, 3.8) is 0 Å². The molecule has 0 spiro atoms. The highest BCUT2D eigenvalue weighted by atomic mass is 16.3. The van der Waals surface area contributed by atoms with Gasteiger partial charge in [-0.05, 0) is 43.4 Å². The summed E-state index contributed by atoms with van der Waals surface area (Å²) in [7, 11) is 0. The van der Waals surface area contributed by atoms with E-state index in [1.807, 2.05) is 0 Å². The van der Waals surface area contributed by atoms with Crippen molar-refractivity contribution < 1.29 is 5.11 Å². The quantitative estimate of drug-likeness (QED) is 0.722. The number of aryl methyl sites for hydroxylation is 1. The molecule has 14 heavy (non-hydrogen) atoms. The number of rotatable bonds is 1. The Bertz CT molecular complexity index is 330. The highest BCUT2D eigenvalue weighted by Gasteiger charge is 2.27. The predicted octanol–water partition coefficient (Wildman–Crippen LogP) is 2.93. The van der Waals surface area contributed by atoms with Crippen LogP contribution < -0.4 is 0 Å². The maximum atomic E-state index is 9.86. The smallest absolute Gasteiger partial charge is 0.0608 e. The molecular weight excluding hydrogens is 172 g/mol. The molecule has 0 aliphatic heterocycles. The van der Waals surface area contributed by atoms with Crippen molar-refractivity contribution >= 4 is 0 Å². The minimum atomic E-state index is -0.115. The second-order valence-corrected chi connectivity index (χ2v) is 4.39. The zero-order valence-corrected chi connectivity index (χ0v) is 8.96. The third-order valence-corrected chi connectivity index (χ3v) is 3.53. The van der Waals surface area contributed by atoms with Crippen LogP contribution in [0.1, 0.15) is 41.9 Å². The molecule has 0 radical (unpaired) electrons. The largest absolute Gasteiger partial charge is 0.392 e. The van der Waals surface area contributed by atoms with E-state index in [2.05, 4.69) is 32.0 Å². The van der Waals surface area contributed by atoms with Gasteiger partial charge in [0.2, 0.25) is 0 Å². The lowest BCUT2D eigenvalue weighted by Gasteiger charge is -2.18. The normalized spacial score (nSPS) is 26.8. The predicted molar refractivity (Wildman–Crippen MR) is 58.5 cm³/mol. The van der Waals surface area contributed by atoms with Gasteiger partial charge < -0.3 is 5.11 Å². The summed E-state index contributed by atoms with van der Waals surface area (Å²) in [6, 6.07) is 6.41. The molecule has 2 atom stereocenters. The molecule has 0 amide bonds. The molecule has 1 saturated carbocycles. The zero-order chi connectivity index (χ0) is 10.1. The van der Waals surface area contributed by atoms with Crippen LogP contribution in [0.25, 0.3) is 0 Å². The molecule has 1 nitrogen and oxygen atoms in total. The maximum absolute atomic E-state index is 9.86. The standard InChI is InChI=1S/C13H18O/c1-9-5-3-6-11(10(9)2)12-7-4-8-13(12)14/h3,5-6,12-14H,4,7-8H2,1-2H3. The SMILES string of the molecule is Cc1cccc(C2CCCC2O)c1C. The first-order chi connectivity index (χ1) is 6.70. The van der Waals surface area contributed by atoms with E-state index in [0.29, 0.717) is 5.92 Å². The van der Waals surface area contributed by atoms with Gasteiger partial charge in [-0.2, -0.15) is 0 Å². The summed E-state index contributed by atoms with van der Waals surface area (Å²) in [6.07, 6.45) is 3.17. The molecule has 1 aliphatic rings. The van der Waals surface area contributed by atoms with Crippen LogP contribution >= 0.6 is 0 Å². The van der Waals surface area contributed by atoms with Crippen molar-refractivity contribution in [3.8, 4) is 0 Å². The van der Waals surface area contributed by atoms with E-state index in [0.717, 1.165) is 12.8 Å². The fraction of sp³-hybridized carbons (Fsp3) is 0.538. The molecule has 0 heterocycles. The summed E-state index contributed by atoms with van der Waals surface area (Å²) in [4.78, 5) is 0. The Kier molecular flexibility index (Phi) is 2.60. The summed E-state index contributed by atoms with van der Waals surface area (Å²) in [5, 5.41) is 9.86. The van der Waals surface area contributed by atoms with Gasteiger partial charge in [0.1, 0.15) is 0 Å². The number of hydrogen-bond donors (Lipinski definition) is 1.